The molecule has 2 heteroatoms. The molecule has 14 heavy (non-hydrogen) atoms. The number of pyridine rings is 1. The third-order valence-electron chi connectivity index (χ3n) is 3.12. The van der Waals surface area contributed by atoms with Crippen molar-refractivity contribution in [1.82, 2.24) is 4.98 Å². The van der Waals surface area contributed by atoms with E-state index in [1.165, 1.54) is 0 Å². The first-order valence-corrected chi connectivity index (χ1v) is 5.32. The number of rotatable bonds is 3. The van der Waals surface area contributed by atoms with Gasteiger partial charge in [-0.3, -0.25) is 4.98 Å². The van der Waals surface area contributed by atoms with Crippen molar-refractivity contribution in [2.45, 2.75) is 38.7 Å². The average molecular weight is 191 g/mol. The van der Waals surface area contributed by atoms with Crippen molar-refractivity contribution in [2.24, 2.45) is 5.92 Å². The highest BCUT2D eigenvalue weighted by atomic mass is 16.3. The second kappa shape index (κ2) is 3.35. The van der Waals surface area contributed by atoms with E-state index in [-0.39, 0.29) is 0 Å². The molecule has 1 N–H and O–H groups in total. The zero-order valence-electron chi connectivity index (χ0n) is 8.83. The standard InChI is InChI=1S/C12H17NO/c1-3-4-10-7-12(10,14)11-6-5-9(2)13-8-11/h5-6,8,10,14H,3-4,7H2,1-2H3. The average Bonchev–Trinajstić information content (AvgIpc) is 2.80. The van der Waals surface area contributed by atoms with Gasteiger partial charge in [0.25, 0.3) is 0 Å². The number of nitrogens with zero attached hydrogens (tertiary/aromatic N) is 1. The number of hydrogen-bond donors (Lipinski definition) is 1. The molecule has 1 saturated carbocycles. The van der Waals surface area contributed by atoms with Crippen LogP contribution >= 0.6 is 0 Å². The van der Waals surface area contributed by atoms with Crippen molar-refractivity contribution in [2.75, 3.05) is 0 Å². The predicted molar refractivity (Wildman–Crippen MR) is 55.9 cm³/mol. The second-order valence-electron chi connectivity index (χ2n) is 4.30. The van der Waals surface area contributed by atoms with Gasteiger partial charge in [-0.25, -0.2) is 0 Å². The Labute approximate surface area is 85.0 Å². The van der Waals surface area contributed by atoms with Gasteiger partial charge in [0.15, 0.2) is 0 Å². The molecule has 1 aromatic heterocycles. The summed E-state index contributed by atoms with van der Waals surface area (Å²) in [5, 5.41) is 10.2. The van der Waals surface area contributed by atoms with Crippen LogP contribution in [0.15, 0.2) is 18.3 Å². The normalized spacial score (nSPS) is 30.4. The van der Waals surface area contributed by atoms with Crippen LogP contribution in [-0.4, -0.2) is 10.1 Å². The molecule has 0 amide bonds. The van der Waals surface area contributed by atoms with Crippen LogP contribution in [0.5, 0.6) is 0 Å². The zero-order chi connectivity index (χ0) is 10.2. The molecule has 0 radical (unpaired) electrons. The molecule has 1 heterocycles. The van der Waals surface area contributed by atoms with Crippen molar-refractivity contribution < 1.29 is 5.11 Å². The fourth-order valence-corrected chi connectivity index (χ4v) is 2.08. The third-order valence-corrected chi connectivity index (χ3v) is 3.12. The van der Waals surface area contributed by atoms with E-state index in [2.05, 4.69) is 11.9 Å². The van der Waals surface area contributed by atoms with E-state index in [9.17, 15) is 5.11 Å². The van der Waals surface area contributed by atoms with E-state index in [1.807, 2.05) is 25.3 Å². The summed E-state index contributed by atoms with van der Waals surface area (Å²) in [7, 11) is 0. The number of aromatic nitrogens is 1. The largest absolute Gasteiger partial charge is 0.385 e. The van der Waals surface area contributed by atoms with E-state index in [4.69, 9.17) is 0 Å². The van der Waals surface area contributed by atoms with Gasteiger partial charge in [-0.2, -0.15) is 0 Å². The van der Waals surface area contributed by atoms with Gasteiger partial charge in [0.05, 0.1) is 5.60 Å². The Morgan fingerprint density at radius 2 is 2.36 bits per heavy atom. The van der Waals surface area contributed by atoms with Crippen molar-refractivity contribution >= 4 is 0 Å². The molecule has 0 aliphatic heterocycles. The monoisotopic (exact) mass is 191 g/mol. The SMILES string of the molecule is CCCC1CC1(O)c1ccc(C)nc1. The summed E-state index contributed by atoms with van der Waals surface area (Å²) in [6.45, 7) is 4.12. The summed E-state index contributed by atoms with van der Waals surface area (Å²) < 4.78 is 0. The lowest BCUT2D eigenvalue weighted by molar-refractivity contribution is 0.128. The molecule has 0 bridgehead atoms. The lowest BCUT2D eigenvalue weighted by atomic mass is 10.1. The minimum Gasteiger partial charge on any atom is -0.385 e. The van der Waals surface area contributed by atoms with E-state index in [1.54, 1.807) is 0 Å². The number of aliphatic hydroxyl groups is 1. The third kappa shape index (κ3) is 1.55. The molecule has 2 unspecified atom stereocenters. The van der Waals surface area contributed by atoms with Crippen LogP contribution < -0.4 is 0 Å². The topological polar surface area (TPSA) is 33.1 Å². The quantitative estimate of drug-likeness (QED) is 0.795. The first kappa shape index (κ1) is 9.66. The fourth-order valence-electron chi connectivity index (χ4n) is 2.08. The number of aryl methyl sites for hydroxylation is 1. The summed E-state index contributed by atoms with van der Waals surface area (Å²) in [6, 6.07) is 3.96. The Bertz CT molecular complexity index is 320. The van der Waals surface area contributed by atoms with Gasteiger partial charge in [0.1, 0.15) is 0 Å². The van der Waals surface area contributed by atoms with Crippen LogP contribution in [0.2, 0.25) is 0 Å². The van der Waals surface area contributed by atoms with E-state index in [0.29, 0.717) is 5.92 Å². The molecule has 1 aliphatic carbocycles. The highest BCUT2D eigenvalue weighted by molar-refractivity contribution is 5.27. The summed E-state index contributed by atoms with van der Waals surface area (Å²) in [6.07, 6.45) is 4.98. The molecule has 0 saturated heterocycles. The first-order valence-electron chi connectivity index (χ1n) is 5.32. The predicted octanol–water partition coefficient (Wildman–Crippen LogP) is 2.40. The highest BCUT2D eigenvalue weighted by Gasteiger charge is 2.53. The van der Waals surface area contributed by atoms with Gasteiger partial charge in [0.2, 0.25) is 0 Å². The molecule has 2 nitrogen and oxygen atoms in total. The molecule has 1 fully saturated rings. The van der Waals surface area contributed by atoms with Crippen LogP contribution in [0.1, 0.15) is 37.4 Å². The van der Waals surface area contributed by atoms with Gasteiger partial charge in [0, 0.05) is 17.5 Å². The van der Waals surface area contributed by atoms with Crippen molar-refractivity contribution in [3.05, 3.63) is 29.6 Å². The van der Waals surface area contributed by atoms with Crippen molar-refractivity contribution in [1.29, 1.82) is 0 Å². The Morgan fingerprint density at radius 3 is 2.93 bits per heavy atom. The molecular formula is C12H17NO. The van der Waals surface area contributed by atoms with Crippen LogP contribution in [0.4, 0.5) is 0 Å². The Hall–Kier alpha value is -0.890. The molecule has 76 valence electrons. The maximum absolute atomic E-state index is 10.2. The van der Waals surface area contributed by atoms with Gasteiger partial charge in [-0.1, -0.05) is 19.4 Å². The fraction of sp³-hybridized carbons (Fsp3) is 0.583. The molecule has 0 aromatic carbocycles. The highest BCUT2D eigenvalue weighted by Crippen LogP contribution is 2.53. The van der Waals surface area contributed by atoms with E-state index in [0.717, 1.165) is 30.5 Å². The summed E-state index contributed by atoms with van der Waals surface area (Å²) in [4.78, 5) is 4.22. The molecule has 0 spiro atoms. The van der Waals surface area contributed by atoms with Gasteiger partial charge in [-0.05, 0) is 31.7 Å². The number of hydrogen-bond acceptors (Lipinski definition) is 2. The van der Waals surface area contributed by atoms with Crippen molar-refractivity contribution in [3.63, 3.8) is 0 Å². The van der Waals surface area contributed by atoms with Gasteiger partial charge in [-0.15, -0.1) is 0 Å². The molecule has 1 aliphatic rings. The lowest BCUT2D eigenvalue weighted by Gasteiger charge is -2.10. The van der Waals surface area contributed by atoms with Gasteiger partial charge >= 0.3 is 0 Å². The molecule has 2 rings (SSSR count). The minimum atomic E-state index is -0.559. The Morgan fingerprint density at radius 1 is 1.57 bits per heavy atom. The van der Waals surface area contributed by atoms with Crippen LogP contribution in [0.25, 0.3) is 0 Å². The zero-order valence-corrected chi connectivity index (χ0v) is 8.83. The first-order chi connectivity index (χ1) is 6.66. The maximum Gasteiger partial charge on any atom is 0.0944 e. The summed E-state index contributed by atoms with van der Waals surface area (Å²) >= 11 is 0. The minimum absolute atomic E-state index is 0.456. The second-order valence-corrected chi connectivity index (χ2v) is 4.30. The smallest absolute Gasteiger partial charge is 0.0944 e. The van der Waals surface area contributed by atoms with Crippen LogP contribution in [-0.2, 0) is 5.60 Å². The van der Waals surface area contributed by atoms with Crippen molar-refractivity contribution in [3.8, 4) is 0 Å². The van der Waals surface area contributed by atoms with Crippen LogP contribution in [0, 0.1) is 12.8 Å². The molecule has 2 atom stereocenters. The summed E-state index contributed by atoms with van der Waals surface area (Å²) in [5.74, 6) is 0.456. The molecule has 1 aromatic rings. The van der Waals surface area contributed by atoms with E-state index < -0.39 is 5.60 Å². The summed E-state index contributed by atoms with van der Waals surface area (Å²) in [5.41, 5.74) is 1.43. The lowest BCUT2D eigenvalue weighted by Crippen LogP contribution is -2.09. The maximum atomic E-state index is 10.2. The van der Waals surface area contributed by atoms with E-state index >= 15 is 0 Å². The van der Waals surface area contributed by atoms with Crippen LogP contribution in [0.3, 0.4) is 0 Å². The Balaban J connectivity index is 2.13. The molecular weight excluding hydrogens is 174 g/mol. The van der Waals surface area contributed by atoms with Gasteiger partial charge < -0.3 is 5.11 Å². The Kier molecular flexibility index (Phi) is 2.31.